The minimum atomic E-state index is -3.66. The molecule has 5 heteroatoms. The fourth-order valence-corrected chi connectivity index (χ4v) is 5.24. The number of sulfonamides is 1. The van der Waals surface area contributed by atoms with E-state index in [2.05, 4.69) is 13.8 Å². The highest BCUT2D eigenvalue weighted by atomic mass is 32.2. The van der Waals surface area contributed by atoms with Gasteiger partial charge < -0.3 is 5.11 Å². The Kier molecular flexibility index (Phi) is 5.24. The van der Waals surface area contributed by atoms with Gasteiger partial charge in [0.25, 0.3) is 0 Å². The molecular formula is C21H27NO3S. The maximum Gasteiger partial charge on any atom is 0.243 e. The van der Waals surface area contributed by atoms with Gasteiger partial charge in [0, 0.05) is 12.6 Å². The van der Waals surface area contributed by atoms with Crippen molar-refractivity contribution in [3.63, 3.8) is 0 Å². The average molecular weight is 374 g/mol. The molecule has 0 spiro atoms. The summed E-state index contributed by atoms with van der Waals surface area (Å²) in [4.78, 5) is 0.266. The summed E-state index contributed by atoms with van der Waals surface area (Å²) in [5.74, 6) is 0.532. The zero-order chi connectivity index (χ0) is 19.1. The molecule has 2 aromatic rings. The van der Waals surface area contributed by atoms with Crippen LogP contribution < -0.4 is 0 Å². The Bertz CT molecular complexity index is 888. The highest BCUT2D eigenvalue weighted by Crippen LogP contribution is 2.38. The van der Waals surface area contributed by atoms with Crippen LogP contribution >= 0.6 is 0 Å². The van der Waals surface area contributed by atoms with Gasteiger partial charge >= 0.3 is 0 Å². The van der Waals surface area contributed by atoms with Gasteiger partial charge in [0.2, 0.25) is 10.0 Å². The van der Waals surface area contributed by atoms with Gasteiger partial charge in [-0.1, -0.05) is 49.7 Å². The first-order valence-corrected chi connectivity index (χ1v) is 10.5. The van der Waals surface area contributed by atoms with E-state index in [9.17, 15) is 13.5 Å². The van der Waals surface area contributed by atoms with Crippen molar-refractivity contribution in [2.24, 2.45) is 5.92 Å². The Morgan fingerprint density at radius 3 is 2.38 bits per heavy atom. The zero-order valence-corrected chi connectivity index (χ0v) is 16.6. The smallest absolute Gasteiger partial charge is 0.243 e. The highest BCUT2D eigenvalue weighted by molar-refractivity contribution is 7.89. The maximum atomic E-state index is 13.1. The van der Waals surface area contributed by atoms with Gasteiger partial charge in [0.1, 0.15) is 0 Å². The van der Waals surface area contributed by atoms with Crippen LogP contribution in [0.2, 0.25) is 0 Å². The predicted molar refractivity (Wildman–Crippen MR) is 103 cm³/mol. The molecule has 0 radical (unpaired) electrons. The Hall–Kier alpha value is -1.69. The second-order valence-electron chi connectivity index (χ2n) is 7.64. The highest BCUT2D eigenvalue weighted by Gasteiger charge is 2.37. The lowest BCUT2D eigenvalue weighted by Gasteiger charge is -2.37. The van der Waals surface area contributed by atoms with Gasteiger partial charge in [-0.05, 0) is 55.0 Å². The Balaban J connectivity index is 1.97. The summed E-state index contributed by atoms with van der Waals surface area (Å²) in [6.45, 7) is 8.21. The van der Waals surface area contributed by atoms with Gasteiger partial charge in [0.15, 0.2) is 0 Å². The molecule has 1 aliphatic rings. The van der Waals surface area contributed by atoms with E-state index < -0.39 is 16.1 Å². The molecule has 0 aliphatic carbocycles. The molecule has 26 heavy (non-hydrogen) atoms. The van der Waals surface area contributed by atoms with Crippen molar-refractivity contribution in [2.75, 3.05) is 6.54 Å². The summed E-state index contributed by atoms with van der Waals surface area (Å²) in [7, 11) is -3.66. The van der Waals surface area contributed by atoms with Crippen LogP contribution in [0.15, 0.2) is 47.4 Å². The number of aliphatic hydroxyl groups excluding tert-OH is 1. The third kappa shape index (κ3) is 3.56. The van der Waals surface area contributed by atoms with Crippen molar-refractivity contribution >= 4 is 10.0 Å². The summed E-state index contributed by atoms with van der Waals surface area (Å²) in [5.41, 5.74) is 3.93. The number of hydrogen-bond acceptors (Lipinski definition) is 3. The second kappa shape index (κ2) is 7.14. The maximum absolute atomic E-state index is 13.1. The minimum absolute atomic E-state index is 0.0789. The third-order valence-electron chi connectivity index (χ3n) is 5.02. The van der Waals surface area contributed by atoms with Crippen molar-refractivity contribution in [2.45, 2.75) is 51.2 Å². The van der Waals surface area contributed by atoms with Crippen molar-refractivity contribution in [3.05, 3.63) is 64.7 Å². The summed E-state index contributed by atoms with van der Waals surface area (Å²) in [5, 5.41) is 10.7. The topological polar surface area (TPSA) is 57.6 Å². The van der Waals surface area contributed by atoms with Gasteiger partial charge in [-0.3, -0.25) is 0 Å². The molecule has 0 bridgehead atoms. The fraction of sp³-hybridized carbons (Fsp3) is 0.429. The number of hydrogen-bond donors (Lipinski definition) is 1. The summed E-state index contributed by atoms with van der Waals surface area (Å²) >= 11 is 0. The Morgan fingerprint density at radius 2 is 1.77 bits per heavy atom. The van der Waals surface area contributed by atoms with Crippen molar-refractivity contribution in [3.8, 4) is 0 Å². The molecule has 2 atom stereocenters. The second-order valence-corrected chi connectivity index (χ2v) is 9.53. The molecule has 3 rings (SSSR count). The van der Waals surface area contributed by atoms with Crippen LogP contribution in [0, 0.1) is 12.8 Å². The number of aliphatic hydroxyl groups is 1. The van der Waals surface area contributed by atoms with Gasteiger partial charge in [0.05, 0.1) is 11.0 Å². The van der Waals surface area contributed by atoms with E-state index in [1.165, 1.54) is 9.87 Å². The molecule has 0 saturated heterocycles. The van der Waals surface area contributed by atoms with E-state index in [0.717, 1.165) is 23.1 Å². The summed E-state index contributed by atoms with van der Waals surface area (Å²) < 4.78 is 27.6. The van der Waals surface area contributed by atoms with Crippen LogP contribution in [-0.4, -0.2) is 24.4 Å². The molecule has 0 saturated carbocycles. The first-order chi connectivity index (χ1) is 12.2. The third-order valence-corrected chi connectivity index (χ3v) is 6.97. The van der Waals surface area contributed by atoms with Crippen LogP contribution in [0.3, 0.4) is 0 Å². The van der Waals surface area contributed by atoms with Crippen LogP contribution in [0.25, 0.3) is 0 Å². The normalized spacial score (nSPS) is 21.0. The zero-order valence-electron chi connectivity index (χ0n) is 15.8. The fourth-order valence-electron chi connectivity index (χ4n) is 3.63. The number of nitrogens with zero attached hydrogens (tertiary/aromatic N) is 1. The molecule has 4 nitrogen and oxygen atoms in total. The molecule has 0 fully saturated rings. The van der Waals surface area contributed by atoms with Crippen molar-refractivity contribution < 1.29 is 13.5 Å². The number of fused-ring (bicyclic) bond motifs is 1. The van der Waals surface area contributed by atoms with Gasteiger partial charge in [-0.2, -0.15) is 4.31 Å². The summed E-state index contributed by atoms with van der Waals surface area (Å²) in [6, 6.07) is 12.6. The number of β-amino-alcohol motifs (C(OH)–C–C–N with tert-alkyl or cyclic N) is 1. The van der Waals surface area contributed by atoms with E-state index in [0.29, 0.717) is 5.92 Å². The lowest BCUT2D eigenvalue weighted by molar-refractivity contribution is 0.118. The van der Waals surface area contributed by atoms with Gasteiger partial charge in [-0.25, -0.2) is 8.42 Å². The van der Waals surface area contributed by atoms with Gasteiger partial charge in [-0.15, -0.1) is 0 Å². The molecule has 0 aromatic heterocycles. The van der Waals surface area contributed by atoms with E-state index >= 15 is 0 Å². The van der Waals surface area contributed by atoms with Crippen LogP contribution in [0.1, 0.15) is 55.2 Å². The lowest BCUT2D eigenvalue weighted by Crippen LogP contribution is -2.40. The molecule has 1 aliphatic heterocycles. The molecule has 1 unspecified atom stereocenters. The number of rotatable bonds is 4. The standard InChI is InChI=1S/C21H27NO3S/c1-14(2)11-17-7-10-19-16(4)22(13-21(23)20(19)12-17)26(24,25)18-8-5-15(3)6-9-18/h5-10,12,14,16,21,23H,11,13H2,1-4H3/t16-,21?/m0/s1. The summed E-state index contributed by atoms with van der Waals surface area (Å²) in [6.07, 6.45) is 0.133. The number of benzene rings is 2. The Labute approximate surface area is 156 Å². The van der Waals surface area contributed by atoms with Crippen LogP contribution in [0.5, 0.6) is 0 Å². The Morgan fingerprint density at radius 1 is 1.12 bits per heavy atom. The first-order valence-electron chi connectivity index (χ1n) is 9.09. The van der Waals surface area contributed by atoms with E-state index in [4.69, 9.17) is 0 Å². The molecule has 0 amide bonds. The monoisotopic (exact) mass is 373 g/mol. The largest absolute Gasteiger partial charge is 0.387 e. The molecule has 1 N–H and O–H groups in total. The lowest BCUT2D eigenvalue weighted by atomic mass is 9.90. The van der Waals surface area contributed by atoms with Crippen molar-refractivity contribution in [1.82, 2.24) is 4.31 Å². The SMILES string of the molecule is Cc1ccc(S(=O)(=O)N2CC(O)c3cc(CC(C)C)ccc3[C@@H]2C)cc1. The molecule has 140 valence electrons. The van der Waals surface area contributed by atoms with E-state index in [1.807, 2.05) is 32.0 Å². The molecule has 2 aromatic carbocycles. The number of aryl methyl sites for hydroxylation is 1. The van der Waals surface area contributed by atoms with E-state index in [-0.39, 0.29) is 17.5 Å². The molecular weight excluding hydrogens is 346 g/mol. The molecule has 1 heterocycles. The first kappa shape index (κ1) is 19.1. The minimum Gasteiger partial charge on any atom is -0.387 e. The predicted octanol–water partition coefficient (Wildman–Crippen LogP) is 3.99. The van der Waals surface area contributed by atoms with E-state index in [1.54, 1.807) is 24.3 Å². The quantitative estimate of drug-likeness (QED) is 0.881. The average Bonchev–Trinajstić information content (AvgIpc) is 2.57. The van der Waals surface area contributed by atoms with Crippen LogP contribution in [0.4, 0.5) is 0 Å². The van der Waals surface area contributed by atoms with Crippen molar-refractivity contribution in [1.29, 1.82) is 0 Å². The van der Waals surface area contributed by atoms with Crippen LogP contribution in [-0.2, 0) is 16.4 Å².